The summed E-state index contributed by atoms with van der Waals surface area (Å²) in [6, 6.07) is 41.0. The van der Waals surface area contributed by atoms with Crippen molar-refractivity contribution in [1.29, 1.82) is 0 Å². The molecule has 5 rings (SSSR count). The lowest BCUT2D eigenvalue weighted by atomic mass is 9.86. The molecule has 0 saturated carbocycles. The summed E-state index contributed by atoms with van der Waals surface area (Å²) in [4.78, 5) is 0. The average molecular weight is 678 g/mol. The Kier molecular flexibility index (Phi) is 10.8. The topological polar surface area (TPSA) is 51.2 Å². The second-order valence-corrected chi connectivity index (χ2v) is 23.8. The predicted molar refractivity (Wildman–Crippen MR) is 203 cm³/mol. The van der Waals surface area contributed by atoms with Gasteiger partial charge in [-0.15, -0.1) is 0 Å². The van der Waals surface area contributed by atoms with E-state index in [1.807, 2.05) is 12.1 Å². The molecule has 252 valence electrons. The molecule has 5 nitrogen and oxygen atoms in total. The zero-order chi connectivity index (χ0) is 34.8. The Balaban J connectivity index is 1.71. The first-order valence-corrected chi connectivity index (χ1v) is 20.9. The third-order valence-corrected chi connectivity index (χ3v) is 20.2. The fourth-order valence-electron chi connectivity index (χ4n) is 7.85. The molecular formula is C40H52BNO4Si2. The molecule has 1 heterocycles. The summed E-state index contributed by atoms with van der Waals surface area (Å²) in [5, 5.41) is 16.6. The van der Waals surface area contributed by atoms with Crippen LogP contribution in [0.1, 0.15) is 54.9 Å². The van der Waals surface area contributed by atoms with Crippen molar-refractivity contribution in [3.8, 4) is 0 Å². The summed E-state index contributed by atoms with van der Waals surface area (Å²) in [5.41, 5.74) is -0.957. The molecule has 1 aliphatic rings. The van der Waals surface area contributed by atoms with Gasteiger partial charge in [0.05, 0.1) is 18.8 Å². The van der Waals surface area contributed by atoms with Gasteiger partial charge in [-0.1, -0.05) is 170 Å². The lowest BCUT2D eigenvalue weighted by Crippen LogP contribution is -2.72. The smallest absolute Gasteiger partial charge is 0.261 e. The zero-order valence-electron chi connectivity index (χ0n) is 29.9. The number of hydrogen-bond acceptors (Lipinski definition) is 5. The van der Waals surface area contributed by atoms with Gasteiger partial charge in [-0.25, -0.2) is 0 Å². The number of nitrogens with zero attached hydrogens (tertiary/aromatic N) is 1. The molecule has 2 radical (unpaired) electrons. The van der Waals surface area contributed by atoms with E-state index in [-0.39, 0.29) is 16.7 Å². The van der Waals surface area contributed by atoms with Crippen molar-refractivity contribution < 1.29 is 18.8 Å². The van der Waals surface area contributed by atoms with Crippen LogP contribution in [-0.2, 0) is 13.6 Å². The van der Waals surface area contributed by atoms with Gasteiger partial charge in [0.1, 0.15) is 13.4 Å². The van der Waals surface area contributed by atoms with Crippen molar-refractivity contribution >= 4 is 45.2 Å². The highest BCUT2D eigenvalue weighted by atomic mass is 28.4. The van der Waals surface area contributed by atoms with Crippen LogP contribution in [0.4, 0.5) is 0 Å². The molecule has 0 amide bonds. The fourth-order valence-corrected chi connectivity index (χ4v) is 17.2. The third kappa shape index (κ3) is 6.44. The van der Waals surface area contributed by atoms with Crippen LogP contribution < -0.4 is 20.7 Å². The van der Waals surface area contributed by atoms with E-state index in [1.165, 1.54) is 15.4 Å². The monoisotopic (exact) mass is 677 g/mol. The average Bonchev–Trinajstić information content (AvgIpc) is 3.35. The minimum atomic E-state index is -3.09. The standard InChI is InChI=1S/C40H52BNO4Si2/c1-9-40(30-44-47(38(2,3)4,31-22-14-10-15-23-31)32-24-16-11-17-25-32)36(35(42(8)43)37(41)45-40)46-48(39(5,6)7,33-26-18-12-19-27-33)34-28-20-13-21-29-34/h10-29,35-37,43H,9,30H2,1-8H3/t35-,36+,37-,40-/m1/s1. The molecule has 1 fully saturated rings. The van der Waals surface area contributed by atoms with Crippen LogP contribution in [0.2, 0.25) is 10.1 Å². The van der Waals surface area contributed by atoms with Gasteiger partial charge in [0.15, 0.2) is 0 Å². The molecule has 0 aromatic heterocycles. The SMILES string of the molecule is [B][C@@H]1O[C@](CC)(CO[Si](c2ccccc2)(c2ccccc2)C(C)(C)C)[C@@H](O[Si](c2ccccc2)(c2ccccc2)C(C)(C)C)[C@H]1N(C)O. The van der Waals surface area contributed by atoms with Gasteiger partial charge in [0.2, 0.25) is 0 Å². The molecule has 0 aliphatic carbocycles. The summed E-state index contributed by atoms with van der Waals surface area (Å²) in [6.45, 7) is 16.0. The van der Waals surface area contributed by atoms with Crippen molar-refractivity contribution in [3.05, 3.63) is 121 Å². The summed E-state index contributed by atoms with van der Waals surface area (Å²) >= 11 is 0. The first kappa shape index (κ1) is 36.5. The molecule has 0 unspecified atom stereocenters. The Hall–Kier alpha value is -2.82. The predicted octanol–water partition coefficient (Wildman–Crippen LogP) is 5.87. The summed E-state index contributed by atoms with van der Waals surface area (Å²) in [7, 11) is 2.45. The molecule has 4 aromatic carbocycles. The minimum absolute atomic E-state index is 0.229. The first-order valence-electron chi connectivity index (χ1n) is 17.1. The van der Waals surface area contributed by atoms with E-state index in [0.29, 0.717) is 6.42 Å². The van der Waals surface area contributed by atoms with Gasteiger partial charge in [-0.3, -0.25) is 0 Å². The molecule has 1 N–H and O–H groups in total. The summed E-state index contributed by atoms with van der Waals surface area (Å²) < 4.78 is 22.2. The first-order chi connectivity index (χ1) is 22.7. The molecule has 4 aromatic rings. The number of likely N-dealkylation sites (N-methyl/N-ethyl adjacent to an activating group) is 1. The van der Waals surface area contributed by atoms with Crippen LogP contribution in [0.5, 0.6) is 0 Å². The molecule has 1 saturated heterocycles. The van der Waals surface area contributed by atoms with Crippen LogP contribution in [0.3, 0.4) is 0 Å². The maximum Gasteiger partial charge on any atom is 0.261 e. The van der Waals surface area contributed by atoms with Crippen molar-refractivity contribution in [3.63, 3.8) is 0 Å². The third-order valence-electron chi connectivity index (χ3n) is 10.2. The van der Waals surface area contributed by atoms with Crippen molar-refractivity contribution in [2.24, 2.45) is 0 Å². The lowest BCUT2D eigenvalue weighted by Gasteiger charge is -2.50. The molecule has 0 spiro atoms. The zero-order valence-corrected chi connectivity index (χ0v) is 31.9. The molecule has 4 atom stereocenters. The Labute approximate surface area is 291 Å². The van der Waals surface area contributed by atoms with Gasteiger partial charge >= 0.3 is 0 Å². The molecule has 0 bridgehead atoms. The summed E-state index contributed by atoms with van der Waals surface area (Å²) in [6.07, 6.45) is -0.0384. The number of ether oxygens (including phenoxy) is 1. The number of hydrogen-bond donors (Lipinski definition) is 1. The number of rotatable bonds is 11. The van der Waals surface area contributed by atoms with Crippen LogP contribution >= 0.6 is 0 Å². The molecular weight excluding hydrogens is 625 g/mol. The quantitative estimate of drug-likeness (QED) is 0.159. The highest BCUT2D eigenvalue weighted by Crippen LogP contribution is 2.46. The fraction of sp³-hybridized carbons (Fsp3) is 0.400. The van der Waals surface area contributed by atoms with E-state index in [0.717, 1.165) is 10.4 Å². The lowest BCUT2D eigenvalue weighted by molar-refractivity contribution is -0.130. The van der Waals surface area contributed by atoms with Crippen molar-refractivity contribution in [2.75, 3.05) is 13.7 Å². The maximum absolute atomic E-state index is 11.3. The number of hydroxylamine groups is 2. The van der Waals surface area contributed by atoms with Gasteiger partial charge in [0.25, 0.3) is 16.6 Å². The minimum Gasteiger partial charge on any atom is -0.404 e. The van der Waals surface area contributed by atoms with E-state index in [2.05, 4.69) is 158 Å². The molecule has 48 heavy (non-hydrogen) atoms. The van der Waals surface area contributed by atoms with Crippen LogP contribution in [0, 0.1) is 0 Å². The Morgan fingerprint density at radius 1 is 0.688 bits per heavy atom. The van der Waals surface area contributed by atoms with Crippen LogP contribution in [0.15, 0.2) is 121 Å². The van der Waals surface area contributed by atoms with Crippen LogP contribution in [0.25, 0.3) is 0 Å². The van der Waals surface area contributed by atoms with E-state index in [4.69, 9.17) is 21.4 Å². The second kappa shape index (κ2) is 14.2. The van der Waals surface area contributed by atoms with E-state index in [1.54, 1.807) is 7.05 Å². The largest absolute Gasteiger partial charge is 0.404 e. The Morgan fingerprint density at radius 3 is 1.35 bits per heavy atom. The Bertz CT molecular complexity index is 1520. The molecule has 1 aliphatic heterocycles. The van der Waals surface area contributed by atoms with Gasteiger partial charge < -0.3 is 18.8 Å². The highest BCUT2D eigenvalue weighted by Gasteiger charge is 2.62. The maximum atomic E-state index is 11.3. The highest BCUT2D eigenvalue weighted by molar-refractivity contribution is 7.00. The van der Waals surface area contributed by atoms with E-state index >= 15 is 0 Å². The number of benzene rings is 4. The van der Waals surface area contributed by atoms with Crippen LogP contribution in [-0.4, -0.2) is 72.2 Å². The van der Waals surface area contributed by atoms with E-state index < -0.39 is 40.4 Å². The molecule has 8 heteroatoms. The summed E-state index contributed by atoms with van der Waals surface area (Å²) in [5.74, 6) is 0. The normalized spacial score (nSPS) is 22.2. The Morgan fingerprint density at radius 2 is 1.04 bits per heavy atom. The van der Waals surface area contributed by atoms with Crippen molar-refractivity contribution in [2.45, 2.75) is 88.7 Å². The van der Waals surface area contributed by atoms with E-state index in [9.17, 15) is 5.21 Å². The van der Waals surface area contributed by atoms with Gasteiger partial charge in [-0.05, 0) is 37.2 Å². The van der Waals surface area contributed by atoms with Crippen molar-refractivity contribution in [1.82, 2.24) is 5.06 Å². The van der Waals surface area contributed by atoms with Gasteiger partial charge in [-0.2, -0.15) is 5.06 Å². The van der Waals surface area contributed by atoms with Gasteiger partial charge in [0, 0.05) is 13.1 Å². The second-order valence-electron chi connectivity index (χ2n) is 15.2.